The number of amides is 1. The Morgan fingerprint density at radius 2 is 1.96 bits per heavy atom. The molecule has 2 fully saturated rings. The second-order valence-electron chi connectivity index (χ2n) is 13.8. The Labute approximate surface area is 316 Å². The Kier molecular flexibility index (Phi) is 11.9. The monoisotopic (exact) mass is 910 g/mol. The van der Waals surface area contributed by atoms with Crippen molar-refractivity contribution < 1.29 is 36.9 Å². The molecule has 1 amide bonds. The quantitative estimate of drug-likeness (QED) is 0.128. The predicted molar refractivity (Wildman–Crippen MR) is 191 cm³/mol. The molecule has 52 heavy (non-hydrogen) atoms. The van der Waals surface area contributed by atoms with Crippen molar-refractivity contribution in [3.8, 4) is 32.4 Å². The van der Waals surface area contributed by atoms with E-state index in [1.165, 1.54) is 24.4 Å². The first-order chi connectivity index (χ1) is 25.0. The van der Waals surface area contributed by atoms with Gasteiger partial charge in [0.05, 0.1) is 0 Å². The molecular formula is C37H40F3N6O5Tl. The Bertz CT molecular complexity index is 2020. The van der Waals surface area contributed by atoms with Crippen LogP contribution in [-0.4, -0.2) is 110 Å². The maximum absolute atomic E-state index is 17.2. The summed E-state index contributed by atoms with van der Waals surface area (Å²) in [5, 5.41) is 7.29. The zero-order valence-electron chi connectivity index (χ0n) is 29.6. The molecule has 0 spiro atoms. The SMILES string of the molecule is COCOc1cc(-c2ncc3c(N4CCCN4C(=O)OC(C)(C)C)nc(OC[C@@H]4CCCNC[C@H](F)C4)nc3c2F)c2c(C#[C][Tl])c(F)ccc2c1. The average Bonchev–Trinajstić information content (AvgIpc) is 3.59. The molecule has 11 nitrogen and oxygen atoms in total. The van der Waals surface area contributed by atoms with Crippen molar-refractivity contribution in [2.24, 2.45) is 5.92 Å². The Morgan fingerprint density at radius 3 is 2.73 bits per heavy atom. The molecule has 2 saturated heterocycles. The van der Waals surface area contributed by atoms with Crippen molar-refractivity contribution in [1.82, 2.24) is 25.3 Å². The molecule has 2 aliphatic rings. The van der Waals surface area contributed by atoms with Crippen LogP contribution in [0.25, 0.3) is 32.9 Å². The molecule has 6 rings (SSSR count). The number of aromatic nitrogens is 3. The number of ether oxygens (including phenoxy) is 4. The van der Waals surface area contributed by atoms with Gasteiger partial charge < -0.3 is 10.1 Å². The normalized spacial score (nSPS) is 18.1. The van der Waals surface area contributed by atoms with E-state index in [0.29, 0.717) is 49.0 Å². The van der Waals surface area contributed by atoms with E-state index in [0.717, 1.165) is 12.8 Å². The second kappa shape index (κ2) is 16.4. The first-order valence-electron chi connectivity index (χ1n) is 17.2. The van der Waals surface area contributed by atoms with Crippen molar-refractivity contribution in [2.75, 3.05) is 51.7 Å². The molecule has 2 aliphatic heterocycles. The summed E-state index contributed by atoms with van der Waals surface area (Å²) in [4.78, 5) is 27.1. The molecule has 4 heterocycles. The van der Waals surface area contributed by atoms with Gasteiger partial charge in [0.1, 0.15) is 11.8 Å². The molecule has 2 atom stereocenters. The summed E-state index contributed by atoms with van der Waals surface area (Å²) in [6.45, 7) is 7.06. The van der Waals surface area contributed by atoms with Gasteiger partial charge in [-0.1, -0.05) is 0 Å². The van der Waals surface area contributed by atoms with Gasteiger partial charge >= 0.3 is 214 Å². The number of anilines is 1. The van der Waals surface area contributed by atoms with Crippen molar-refractivity contribution in [3.63, 3.8) is 0 Å². The number of hydrazine groups is 1. The summed E-state index contributed by atoms with van der Waals surface area (Å²) in [6, 6.07) is 6.02. The number of carbonyl (C=O) groups excluding carboxylic acids is 1. The minimum absolute atomic E-state index is 0.0734. The van der Waals surface area contributed by atoms with Crippen molar-refractivity contribution in [2.45, 2.75) is 58.2 Å². The van der Waals surface area contributed by atoms with Gasteiger partial charge in [0, 0.05) is 13.1 Å². The van der Waals surface area contributed by atoms with E-state index in [1.807, 2.05) is 0 Å². The molecule has 15 heteroatoms. The van der Waals surface area contributed by atoms with Crippen LogP contribution in [0, 0.1) is 27.0 Å². The maximum atomic E-state index is 17.2. The van der Waals surface area contributed by atoms with E-state index < -0.39 is 29.5 Å². The number of alkyl halides is 1. The zero-order valence-corrected chi connectivity index (χ0v) is 34.1. The second-order valence-corrected chi connectivity index (χ2v) is 14.9. The molecule has 272 valence electrons. The Hall–Kier alpha value is -3.95. The molecule has 4 aromatic rings. The average molecular weight is 910 g/mol. The van der Waals surface area contributed by atoms with Gasteiger partial charge in [0.2, 0.25) is 0 Å². The Morgan fingerprint density at radius 1 is 1.13 bits per heavy atom. The fourth-order valence-electron chi connectivity index (χ4n) is 6.49. The number of fused-ring (bicyclic) bond motifs is 2. The van der Waals surface area contributed by atoms with Crippen LogP contribution < -0.4 is 19.8 Å². The van der Waals surface area contributed by atoms with Crippen LogP contribution >= 0.6 is 0 Å². The number of carbonyl (C=O) groups is 1. The van der Waals surface area contributed by atoms with Gasteiger partial charge in [-0.15, -0.1) is 0 Å². The molecule has 0 saturated carbocycles. The van der Waals surface area contributed by atoms with Gasteiger partial charge in [-0.2, -0.15) is 0 Å². The van der Waals surface area contributed by atoms with Crippen molar-refractivity contribution in [3.05, 3.63) is 47.7 Å². The summed E-state index contributed by atoms with van der Waals surface area (Å²) in [7, 11) is 1.48. The summed E-state index contributed by atoms with van der Waals surface area (Å²) in [5.41, 5.74) is -0.658. The fraction of sp³-hybridized carbons (Fsp3) is 0.459. The Balaban J connectivity index is 1.51. The number of benzene rings is 2. The minimum atomic E-state index is -1.03. The van der Waals surface area contributed by atoms with Crippen LogP contribution in [0.15, 0.2) is 30.5 Å². The van der Waals surface area contributed by atoms with E-state index in [9.17, 15) is 9.18 Å². The number of halogens is 3. The molecule has 1 N–H and O–H groups in total. The summed E-state index contributed by atoms with van der Waals surface area (Å²) in [6.07, 6.45) is 2.28. The van der Waals surface area contributed by atoms with Gasteiger partial charge in [-0.05, 0) is 58.9 Å². The number of hydrogen-bond donors (Lipinski definition) is 1. The van der Waals surface area contributed by atoms with Gasteiger partial charge in [-0.25, -0.2) is 9.18 Å². The molecular weight excluding hydrogens is 870 g/mol. The van der Waals surface area contributed by atoms with E-state index in [4.69, 9.17) is 18.9 Å². The first kappa shape index (κ1) is 37.8. The number of hydrogen-bond acceptors (Lipinski definition) is 10. The number of nitrogens with zero attached hydrogens (tertiary/aromatic N) is 5. The topological polar surface area (TPSA) is 111 Å². The first-order valence-corrected chi connectivity index (χ1v) is 19.4. The van der Waals surface area contributed by atoms with Gasteiger partial charge in [-0.3, -0.25) is 0 Å². The summed E-state index contributed by atoms with van der Waals surface area (Å²) >= 11 is 0.275. The zero-order chi connectivity index (χ0) is 37.0. The van der Waals surface area contributed by atoms with Crippen LogP contribution in [0.2, 0.25) is 0 Å². The van der Waals surface area contributed by atoms with E-state index in [-0.39, 0.29) is 91.2 Å². The van der Waals surface area contributed by atoms with E-state index >= 15 is 8.78 Å². The summed E-state index contributed by atoms with van der Waals surface area (Å²) in [5.74, 6) is 1.96. The van der Waals surface area contributed by atoms with Crippen LogP contribution in [-0.2, 0) is 9.47 Å². The molecule has 0 aliphatic carbocycles. The standard InChI is InChI=1S/C37H40F3N6O5.Tl/c1-6-26-29(39)11-10-23-16-25(50-21-48-5)17-27(30(23)26)32-31(40)33-28(19-42-32)34(45-13-8-14-46(45)36(47)51-37(2,3)4)44-35(43-33)49-20-22-9-7-12-41-18-24(38)15-22;/h10-11,16-17,19,22,24,41H,7-9,12-15,18,20-21H2,2-5H3;/t22-,24-;/m1./s1. The van der Waals surface area contributed by atoms with Crippen molar-refractivity contribution >= 4 is 59.4 Å². The van der Waals surface area contributed by atoms with Gasteiger partial charge in [0.25, 0.3) is 0 Å². The molecule has 2 aromatic heterocycles. The third kappa shape index (κ3) is 8.47. The number of methoxy groups -OCH3 is 1. The number of nitrogens with one attached hydrogen (secondary N) is 1. The van der Waals surface area contributed by atoms with E-state index in [1.54, 1.807) is 44.0 Å². The van der Waals surface area contributed by atoms with Crippen molar-refractivity contribution in [1.29, 1.82) is 0 Å². The van der Waals surface area contributed by atoms with E-state index in [2.05, 4.69) is 29.7 Å². The third-order valence-corrected chi connectivity index (χ3v) is 9.29. The van der Waals surface area contributed by atoms with Crippen LogP contribution in [0.3, 0.4) is 0 Å². The molecule has 0 radical (unpaired) electrons. The molecule has 0 unspecified atom stereocenters. The van der Waals surface area contributed by atoms with Crippen LogP contribution in [0.4, 0.5) is 23.8 Å². The predicted octanol–water partition coefficient (Wildman–Crippen LogP) is 6.05. The number of pyridine rings is 1. The van der Waals surface area contributed by atoms with Gasteiger partial charge in [0.15, 0.2) is 0 Å². The van der Waals surface area contributed by atoms with Crippen LogP contribution in [0.5, 0.6) is 11.8 Å². The fourth-order valence-corrected chi connectivity index (χ4v) is 7.05. The third-order valence-electron chi connectivity index (χ3n) is 8.73. The molecule has 0 bridgehead atoms. The van der Waals surface area contributed by atoms with Crippen LogP contribution in [0.1, 0.15) is 52.0 Å². The molecule has 2 aromatic carbocycles. The number of rotatable bonds is 8. The summed E-state index contributed by atoms with van der Waals surface area (Å²) < 4.78 is 72.6.